The summed E-state index contributed by atoms with van der Waals surface area (Å²) in [6, 6.07) is 8.60. The molecule has 1 aromatic carbocycles. The molecule has 1 heterocycles. The molecule has 1 aromatic rings. The maximum absolute atomic E-state index is 13.5. The molecule has 0 saturated carbocycles. The van der Waals surface area contributed by atoms with Gasteiger partial charge in [0.05, 0.1) is 11.8 Å². The van der Waals surface area contributed by atoms with Gasteiger partial charge in [0.1, 0.15) is 11.6 Å². The maximum atomic E-state index is 13.5. The van der Waals surface area contributed by atoms with Crippen molar-refractivity contribution in [1.29, 1.82) is 0 Å². The monoisotopic (exact) mass is 487 g/mol. The van der Waals surface area contributed by atoms with Gasteiger partial charge in [-0.1, -0.05) is 58.0 Å². The first-order chi connectivity index (χ1) is 16.3. The van der Waals surface area contributed by atoms with E-state index in [1.807, 2.05) is 58.0 Å². The molecular formula is C27H41N3O5. The third kappa shape index (κ3) is 8.37. The number of hydrazine groups is 1. The SMILES string of the molecule is CC(C)CC(C(=O)NN1C(=O)NC(C(C)C)C1=O)[C@@H](CCCc1ccccc1)C(=O)OC(C)(C)C. The van der Waals surface area contributed by atoms with Crippen molar-refractivity contribution in [2.45, 2.75) is 85.8 Å². The zero-order valence-corrected chi connectivity index (χ0v) is 22.1. The van der Waals surface area contributed by atoms with Crippen LogP contribution in [0.3, 0.4) is 0 Å². The van der Waals surface area contributed by atoms with Crippen LogP contribution in [0.4, 0.5) is 4.79 Å². The molecule has 8 heteroatoms. The average Bonchev–Trinajstić information content (AvgIpc) is 3.03. The lowest BCUT2D eigenvalue weighted by Crippen LogP contribution is -2.51. The molecule has 2 N–H and O–H groups in total. The van der Waals surface area contributed by atoms with Crippen LogP contribution in [0.25, 0.3) is 0 Å². The van der Waals surface area contributed by atoms with Gasteiger partial charge in [-0.25, -0.2) is 4.79 Å². The number of imide groups is 1. The number of esters is 1. The highest BCUT2D eigenvalue weighted by molar-refractivity contribution is 6.05. The van der Waals surface area contributed by atoms with Crippen LogP contribution in [0.2, 0.25) is 0 Å². The van der Waals surface area contributed by atoms with E-state index in [0.717, 1.165) is 17.0 Å². The smallest absolute Gasteiger partial charge is 0.344 e. The Labute approximate surface area is 209 Å². The van der Waals surface area contributed by atoms with Gasteiger partial charge in [0.25, 0.3) is 5.91 Å². The summed E-state index contributed by atoms with van der Waals surface area (Å²) in [4.78, 5) is 51.8. The minimum atomic E-state index is -0.751. The summed E-state index contributed by atoms with van der Waals surface area (Å²) in [6.07, 6.45) is 2.31. The number of hydrogen-bond donors (Lipinski definition) is 2. The minimum absolute atomic E-state index is 0.108. The highest BCUT2D eigenvalue weighted by Gasteiger charge is 2.43. The number of rotatable bonds is 11. The summed E-state index contributed by atoms with van der Waals surface area (Å²) in [5, 5.41) is 3.35. The fourth-order valence-electron chi connectivity index (χ4n) is 4.24. The second-order valence-corrected chi connectivity index (χ2v) is 11.1. The van der Waals surface area contributed by atoms with Crippen molar-refractivity contribution >= 4 is 23.8 Å². The number of benzene rings is 1. The molecule has 194 valence electrons. The first-order valence-electron chi connectivity index (χ1n) is 12.5. The van der Waals surface area contributed by atoms with Crippen LogP contribution >= 0.6 is 0 Å². The summed E-state index contributed by atoms with van der Waals surface area (Å²) in [5.74, 6) is -2.93. The van der Waals surface area contributed by atoms with Gasteiger partial charge in [-0.3, -0.25) is 19.8 Å². The fraction of sp³-hybridized carbons (Fsp3) is 0.630. The molecule has 2 unspecified atom stereocenters. The molecule has 3 atom stereocenters. The summed E-state index contributed by atoms with van der Waals surface area (Å²) >= 11 is 0. The molecule has 0 aliphatic carbocycles. The molecule has 4 amide bonds. The summed E-state index contributed by atoms with van der Waals surface area (Å²) in [7, 11) is 0. The summed E-state index contributed by atoms with van der Waals surface area (Å²) in [6.45, 7) is 13.0. The van der Waals surface area contributed by atoms with Gasteiger partial charge in [-0.2, -0.15) is 5.01 Å². The zero-order chi connectivity index (χ0) is 26.3. The van der Waals surface area contributed by atoms with Crippen molar-refractivity contribution in [2.75, 3.05) is 0 Å². The molecule has 1 aliphatic rings. The van der Waals surface area contributed by atoms with E-state index in [2.05, 4.69) is 10.7 Å². The van der Waals surface area contributed by atoms with Gasteiger partial charge in [0, 0.05) is 0 Å². The number of ether oxygens (including phenoxy) is 1. The molecule has 1 fully saturated rings. The number of amides is 4. The number of carbonyl (C=O) groups excluding carboxylic acids is 4. The van der Waals surface area contributed by atoms with Crippen LogP contribution in [0.1, 0.15) is 73.3 Å². The van der Waals surface area contributed by atoms with Gasteiger partial charge in [0.2, 0.25) is 5.91 Å². The van der Waals surface area contributed by atoms with Gasteiger partial charge in [-0.05, 0) is 63.9 Å². The molecule has 1 saturated heterocycles. The molecule has 1 aliphatic heterocycles. The Kier molecular flexibility index (Phi) is 9.86. The van der Waals surface area contributed by atoms with Crippen LogP contribution in [0, 0.1) is 23.7 Å². The molecule has 0 spiro atoms. The summed E-state index contributed by atoms with van der Waals surface area (Å²) in [5.41, 5.74) is 2.95. The third-order valence-corrected chi connectivity index (χ3v) is 5.94. The number of aryl methyl sites for hydroxylation is 1. The Morgan fingerprint density at radius 3 is 2.20 bits per heavy atom. The fourth-order valence-corrected chi connectivity index (χ4v) is 4.24. The van der Waals surface area contributed by atoms with E-state index in [-0.39, 0.29) is 11.8 Å². The van der Waals surface area contributed by atoms with E-state index < -0.39 is 47.3 Å². The normalized spacial score (nSPS) is 18.0. The first kappa shape index (κ1) is 28.3. The highest BCUT2D eigenvalue weighted by Crippen LogP contribution is 2.29. The van der Waals surface area contributed by atoms with E-state index in [1.165, 1.54) is 0 Å². The van der Waals surface area contributed by atoms with Crippen LogP contribution in [0.15, 0.2) is 30.3 Å². The van der Waals surface area contributed by atoms with Crippen molar-refractivity contribution in [3.05, 3.63) is 35.9 Å². The molecule has 0 bridgehead atoms. The lowest BCUT2D eigenvalue weighted by molar-refractivity contribution is -0.165. The lowest BCUT2D eigenvalue weighted by atomic mass is 9.81. The average molecular weight is 488 g/mol. The quantitative estimate of drug-likeness (QED) is 0.359. The van der Waals surface area contributed by atoms with Crippen LogP contribution in [0.5, 0.6) is 0 Å². The van der Waals surface area contributed by atoms with E-state index in [1.54, 1.807) is 20.8 Å². The van der Waals surface area contributed by atoms with E-state index in [0.29, 0.717) is 19.3 Å². The van der Waals surface area contributed by atoms with E-state index in [9.17, 15) is 19.2 Å². The Balaban J connectivity index is 2.25. The highest BCUT2D eigenvalue weighted by atomic mass is 16.6. The number of urea groups is 1. The Morgan fingerprint density at radius 2 is 1.69 bits per heavy atom. The number of hydrogen-bond acceptors (Lipinski definition) is 5. The zero-order valence-electron chi connectivity index (χ0n) is 22.1. The van der Waals surface area contributed by atoms with Crippen LogP contribution < -0.4 is 10.7 Å². The van der Waals surface area contributed by atoms with Crippen LogP contribution in [-0.2, 0) is 25.5 Å². The standard InChI is InChI=1S/C27H41N3O5/c1-17(2)16-21(23(31)29-30-24(32)22(18(3)4)28-26(30)34)20(25(33)35-27(5,6)7)15-11-14-19-12-9-8-10-13-19/h8-10,12-13,17-18,20-22H,11,14-16H2,1-7H3,(H,28,34)(H,29,31)/t20-,21?,22?/m1/s1. The number of carbonyl (C=O) groups is 4. The van der Waals surface area contributed by atoms with Crippen molar-refractivity contribution in [2.24, 2.45) is 23.7 Å². The van der Waals surface area contributed by atoms with Crippen molar-refractivity contribution in [3.8, 4) is 0 Å². The third-order valence-electron chi connectivity index (χ3n) is 5.94. The predicted molar refractivity (Wildman–Crippen MR) is 134 cm³/mol. The molecule has 35 heavy (non-hydrogen) atoms. The Bertz CT molecular complexity index is 892. The van der Waals surface area contributed by atoms with Crippen molar-refractivity contribution in [3.63, 3.8) is 0 Å². The topological polar surface area (TPSA) is 105 Å². The number of nitrogens with zero attached hydrogens (tertiary/aromatic N) is 1. The van der Waals surface area contributed by atoms with Gasteiger partial charge in [-0.15, -0.1) is 0 Å². The molecule has 0 radical (unpaired) electrons. The second kappa shape index (κ2) is 12.2. The second-order valence-electron chi connectivity index (χ2n) is 11.1. The lowest BCUT2D eigenvalue weighted by Gasteiger charge is -2.30. The molecular weight excluding hydrogens is 446 g/mol. The molecule has 2 rings (SSSR count). The maximum Gasteiger partial charge on any atom is 0.344 e. The van der Waals surface area contributed by atoms with Crippen molar-refractivity contribution < 1.29 is 23.9 Å². The largest absolute Gasteiger partial charge is 0.460 e. The van der Waals surface area contributed by atoms with Gasteiger partial charge >= 0.3 is 12.0 Å². The minimum Gasteiger partial charge on any atom is -0.460 e. The van der Waals surface area contributed by atoms with E-state index in [4.69, 9.17) is 4.74 Å². The van der Waals surface area contributed by atoms with Crippen LogP contribution in [-0.4, -0.2) is 40.5 Å². The predicted octanol–water partition coefficient (Wildman–Crippen LogP) is 4.24. The first-order valence-corrected chi connectivity index (χ1v) is 12.5. The van der Waals surface area contributed by atoms with Gasteiger partial charge < -0.3 is 10.1 Å². The molecule has 8 nitrogen and oxygen atoms in total. The van der Waals surface area contributed by atoms with E-state index >= 15 is 0 Å². The molecule has 0 aromatic heterocycles. The van der Waals surface area contributed by atoms with Gasteiger partial charge in [0.15, 0.2) is 0 Å². The number of nitrogens with one attached hydrogen (secondary N) is 2. The Hall–Kier alpha value is -2.90. The summed E-state index contributed by atoms with van der Waals surface area (Å²) < 4.78 is 5.70. The Morgan fingerprint density at radius 1 is 1.06 bits per heavy atom. The van der Waals surface area contributed by atoms with Crippen molar-refractivity contribution in [1.82, 2.24) is 15.8 Å².